The average Bonchev–Trinajstić information content (AvgIpc) is 3.16. The topological polar surface area (TPSA) is 64.6 Å². The van der Waals surface area contributed by atoms with E-state index >= 15 is 0 Å². The number of benzene rings is 2. The summed E-state index contributed by atoms with van der Waals surface area (Å²) in [5, 5.41) is 5.10. The van der Waals surface area contributed by atoms with E-state index in [1.165, 1.54) is 17.4 Å². The van der Waals surface area contributed by atoms with E-state index in [0.29, 0.717) is 16.3 Å². The molecule has 3 rings (SSSR count). The molecule has 29 heavy (non-hydrogen) atoms. The lowest BCUT2D eigenvalue weighted by atomic mass is 10.0. The van der Waals surface area contributed by atoms with Crippen molar-refractivity contribution in [1.29, 1.82) is 0 Å². The Labute approximate surface area is 173 Å². The molecule has 1 heterocycles. The number of hydrogen-bond acceptors (Lipinski definition) is 5. The molecule has 6 heteroatoms. The fraction of sp³-hybridized carbons (Fsp3) is 0.130. The normalized spacial score (nSPS) is 10.7. The molecule has 0 saturated carbocycles. The van der Waals surface area contributed by atoms with Gasteiger partial charge in [-0.15, -0.1) is 11.3 Å². The van der Waals surface area contributed by atoms with Crippen LogP contribution in [-0.2, 0) is 9.53 Å². The van der Waals surface area contributed by atoms with Crippen molar-refractivity contribution >= 4 is 34.3 Å². The predicted molar refractivity (Wildman–Crippen MR) is 116 cm³/mol. The SMILES string of the molecule is CCOC(=O)c1c(-c2ccccc2)csc1NC(=O)C=Cc1ccccc1OC. The summed E-state index contributed by atoms with van der Waals surface area (Å²) < 4.78 is 10.5. The van der Waals surface area contributed by atoms with Crippen molar-refractivity contribution in [3.8, 4) is 16.9 Å². The molecule has 3 aromatic rings. The van der Waals surface area contributed by atoms with Crippen molar-refractivity contribution < 1.29 is 19.1 Å². The van der Waals surface area contributed by atoms with Gasteiger partial charge < -0.3 is 14.8 Å². The highest BCUT2D eigenvalue weighted by Crippen LogP contribution is 2.36. The summed E-state index contributed by atoms with van der Waals surface area (Å²) in [5.41, 5.74) is 2.77. The van der Waals surface area contributed by atoms with Gasteiger partial charge in [-0.05, 0) is 24.6 Å². The van der Waals surface area contributed by atoms with Crippen LogP contribution in [0.3, 0.4) is 0 Å². The van der Waals surface area contributed by atoms with Crippen LogP contribution in [0.1, 0.15) is 22.8 Å². The Balaban J connectivity index is 1.86. The molecular weight excluding hydrogens is 386 g/mol. The van der Waals surface area contributed by atoms with Crippen LogP contribution in [0.15, 0.2) is 66.1 Å². The molecule has 5 nitrogen and oxygen atoms in total. The summed E-state index contributed by atoms with van der Waals surface area (Å²) in [6, 6.07) is 16.9. The van der Waals surface area contributed by atoms with Gasteiger partial charge in [0.2, 0.25) is 5.91 Å². The number of carbonyl (C=O) groups excluding carboxylic acids is 2. The van der Waals surface area contributed by atoms with E-state index in [-0.39, 0.29) is 12.5 Å². The molecule has 1 N–H and O–H groups in total. The molecule has 1 aromatic heterocycles. The number of hydrogen-bond donors (Lipinski definition) is 1. The summed E-state index contributed by atoms with van der Waals surface area (Å²) in [4.78, 5) is 25.0. The highest BCUT2D eigenvalue weighted by Gasteiger charge is 2.22. The first-order chi connectivity index (χ1) is 14.1. The summed E-state index contributed by atoms with van der Waals surface area (Å²) in [5.74, 6) is -0.134. The summed E-state index contributed by atoms with van der Waals surface area (Å²) >= 11 is 1.29. The molecule has 0 aliphatic rings. The Morgan fingerprint density at radius 2 is 1.79 bits per heavy atom. The second-order valence-corrected chi connectivity index (χ2v) is 6.88. The number of thiophene rings is 1. The van der Waals surface area contributed by atoms with Crippen LogP contribution in [0, 0.1) is 0 Å². The summed E-state index contributed by atoms with van der Waals surface area (Å²) in [6.07, 6.45) is 3.08. The van der Waals surface area contributed by atoms with Gasteiger partial charge in [-0.1, -0.05) is 48.5 Å². The smallest absolute Gasteiger partial charge is 0.341 e. The maximum absolute atomic E-state index is 12.6. The quantitative estimate of drug-likeness (QED) is 0.429. The average molecular weight is 407 g/mol. The fourth-order valence-electron chi connectivity index (χ4n) is 2.81. The van der Waals surface area contributed by atoms with E-state index in [1.807, 2.05) is 60.0 Å². The van der Waals surface area contributed by atoms with Gasteiger partial charge in [-0.3, -0.25) is 4.79 Å². The first-order valence-corrected chi connectivity index (χ1v) is 9.98. The maximum atomic E-state index is 12.6. The molecule has 1 amide bonds. The van der Waals surface area contributed by atoms with Crippen molar-refractivity contribution in [2.45, 2.75) is 6.92 Å². The third-order valence-electron chi connectivity index (χ3n) is 4.15. The van der Waals surface area contributed by atoms with Crippen molar-refractivity contribution in [3.05, 3.63) is 77.2 Å². The van der Waals surface area contributed by atoms with E-state index < -0.39 is 5.97 Å². The molecule has 0 atom stereocenters. The van der Waals surface area contributed by atoms with Gasteiger partial charge >= 0.3 is 5.97 Å². The minimum atomic E-state index is -0.461. The molecule has 0 bridgehead atoms. The number of ether oxygens (including phenoxy) is 2. The van der Waals surface area contributed by atoms with Crippen LogP contribution in [0.5, 0.6) is 5.75 Å². The monoisotopic (exact) mass is 407 g/mol. The minimum absolute atomic E-state index is 0.254. The van der Waals surface area contributed by atoms with Crippen LogP contribution in [0.2, 0.25) is 0 Å². The molecule has 0 fully saturated rings. The number of carbonyl (C=O) groups is 2. The molecule has 148 valence electrons. The van der Waals surface area contributed by atoms with E-state index in [9.17, 15) is 9.59 Å². The van der Waals surface area contributed by atoms with Gasteiger partial charge in [0.05, 0.1) is 13.7 Å². The van der Waals surface area contributed by atoms with Crippen molar-refractivity contribution in [1.82, 2.24) is 0 Å². The predicted octanol–water partition coefficient (Wildman–Crippen LogP) is 5.25. The van der Waals surface area contributed by atoms with Gasteiger partial charge in [0.25, 0.3) is 0 Å². The Morgan fingerprint density at radius 1 is 1.07 bits per heavy atom. The third-order valence-corrected chi connectivity index (χ3v) is 5.04. The molecule has 2 aromatic carbocycles. The lowest BCUT2D eigenvalue weighted by Crippen LogP contribution is -2.12. The number of rotatable bonds is 7. The molecule has 0 aliphatic carbocycles. The van der Waals surface area contributed by atoms with E-state index in [4.69, 9.17) is 9.47 Å². The van der Waals surface area contributed by atoms with Gasteiger partial charge in [-0.25, -0.2) is 4.79 Å². The largest absolute Gasteiger partial charge is 0.496 e. The Kier molecular flexibility index (Phi) is 6.81. The fourth-order valence-corrected chi connectivity index (χ4v) is 3.77. The molecule has 0 aliphatic heterocycles. The van der Waals surface area contributed by atoms with Crippen LogP contribution in [0.4, 0.5) is 5.00 Å². The van der Waals surface area contributed by atoms with E-state index in [2.05, 4.69) is 5.32 Å². The van der Waals surface area contributed by atoms with Crippen LogP contribution in [-0.4, -0.2) is 25.6 Å². The third kappa shape index (κ3) is 4.92. The lowest BCUT2D eigenvalue weighted by Gasteiger charge is -2.08. The van der Waals surface area contributed by atoms with E-state index in [0.717, 1.165) is 16.7 Å². The maximum Gasteiger partial charge on any atom is 0.341 e. The number of nitrogens with one attached hydrogen (secondary N) is 1. The van der Waals surface area contributed by atoms with Crippen molar-refractivity contribution in [2.24, 2.45) is 0 Å². The van der Waals surface area contributed by atoms with Gasteiger partial charge in [0.15, 0.2) is 0 Å². The van der Waals surface area contributed by atoms with Crippen LogP contribution < -0.4 is 10.1 Å². The highest BCUT2D eigenvalue weighted by atomic mass is 32.1. The second kappa shape index (κ2) is 9.71. The van der Waals surface area contributed by atoms with Crippen LogP contribution in [0.25, 0.3) is 17.2 Å². The number of esters is 1. The van der Waals surface area contributed by atoms with Crippen molar-refractivity contribution in [3.63, 3.8) is 0 Å². The molecule has 0 radical (unpaired) electrons. The summed E-state index contributed by atoms with van der Waals surface area (Å²) in [7, 11) is 1.58. The standard InChI is InChI=1S/C23H21NO4S/c1-3-28-23(26)21-18(16-9-5-4-6-10-16)15-29-22(21)24-20(25)14-13-17-11-7-8-12-19(17)27-2/h4-15H,3H2,1-2H3,(H,24,25). The van der Waals surface area contributed by atoms with Gasteiger partial charge in [0, 0.05) is 22.6 Å². The second-order valence-electron chi connectivity index (χ2n) is 6.00. The zero-order valence-corrected chi connectivity index (χ0v) is 17.0. The number of amides is 1. The molecule has 0 saturated heterocycles. The highest BCUT2D eigenvalue weighted by molar-refractivity contribution is 7.15. The Hall–Kier alpha value is -3.38. The Morgan fingerprint density at radius 3 is 2.52 bits per heavy atom. The van der Waals surface area contributed by atoms with E-state index in [1.54, 1.807) is 20.1 Å². The first kappa shape index (κ1) is 20.4. The molecular formula is C23H21NO4S. The first-order valence-electron chi connectivity index (χ1n) is 9.10. The molecule has 0 spiro atoms. The zero-order valence-electron chi connectivity index (χ0n) is 16.2. The Bertz CT molecular complexity index is 1020. The van der Waals surface area contributed by atoms with Gasteiger partial charge in [-0.2, -0.15) is 0 Å². The lowest BCUT2D eigenvalue weighted by molar-refractivity contribution is -0.111. The number of methoxy groups -OCH3 is 1. The summed E-state index contributed by atoms with van der Waals surface area (Å²) in [6.45, 7) is 2.00. The van der Waals surface area contributed by atoms with Crippen LogP contribution >= 0.6 is 11.3 Å². The minimum Gasteiger partial charge on any atom is -0.496 e. The zero-order chi connectivity index (χ0) is 20.6. The number of para-hydroxylation sites is 1. The molecule has 0 unspecified atom stereocenters. The number of anilines is 1. The van der Waals surface area contributed by atoms with Gasteiger partial charge in [0.1, 0.15) is 16.3 Å². The van der Waals surface area contributed by atoms with Crippen molar-refractivity contribution in [2.75, 3.05) is 19.0 Å².